The molecule has 1 unspecified atom stereocenters. The molecule has 1 heterocycles. The van der Waals surface area contributed by atoms with Gasteiger partial charge < -0.3 is 15.0 Å². The van der Waals surface area contributed by atoms with Gasteiger partial charge in [0, 0.05) is 0 Å². The smallest absolute Gasteiger partial charge is 0.255 e. The van der Waals surface area contributed by atoms with Crippen molar-refractivity contribution in [1.82, 2.24) is 14.9 Å². The topological polar surface area (TPSA) is 50.3 Å². The van der Waals surface area contributed by atoms with Crippen LogP contribution in [0.2, 0.25) is 0 Å². The zero-order valence-electron chi connectivity index (χ0n) is 13.1. The summed E-state index contributed by atoms with van der Waals surface area (Å²) in [5.74, 6) is -0.277. The quantitative estimate of drug-likeness (QED) is 0.852. The fraction of sp³-hybridized carbons (Fsp3) is 0.375. The minimum atomic E-state index is -0.572. The van der Waals surface area contributed by atoms with Crippen molar-refractivity contribution in [1.29, 1.82) is 0 Å². The molecule has 2 rings (SSSR count). The van der Waals surface area contributed by atoms with Crippen LogP contribution in [0.15, 0.2) is 36.5 Å². The highest BCUT2D eigenvalue weighted by Gasteiger charge is 2.14. The molecule has 1 aromatic carbocycles. The minimum Gasteiger partial charge on any atom is -0.479 e. The van der Waals surface area contributed by atoms with Crippen LogP contribution in [0.1, 0.15) is 18.0 Å². The van der Waals surface area contributed by atoms with Crippen LogP contribution in [-0.4, -0.2) is 42.6 Å². The third-order valence-corrected chi connectivity index (χ3v) is 3.28. The Labute approximate surface area is 130 Å². The largest absolute Gasteiger partial charge is 0.479 e. The zero-order chi connectivity index (χ0) is 15.9. The zero-order valence-corrected chi connectivity index (χ0v) is 13.1. The van der Waals surface area contributed by atoms with Gasteiger partial charge in [-0.1, -0.05) is 30.3 Å². The number of hydrogen-bond acceptors (Lipinski definition) is 5. The second-order valence-electron chi connectivity index (χ2n) is 5.25. The van der Waals surface area contributed by atoms with Gasteiger partial charge in [-0.2, -0.15) is 9.37 Å². The number of nitrogens with one attached hydrogen (secondary N) is 1. The summed E-state index contributed by atoms with van der Waals surface area (Å²) in [4.78, 5) is 10.2. The maximum atomic E-state index is 13.4. The average molecular weight is 304 g/mol. The van der Waals surface area contributed by atoms with E-state index in [1.54, 1.807) is 0 Å². The maximum absolute atomic E-state index is 13.4. The first kappa shape index (κ1) is 16.2. The lowest BCUT2D eigenvalue weighted by atomic mass is 10.0. The summed E-state index contributed by atoms with van der Waals surface area (Å²) in [7, 11) is 5.44. The van der Waals surface area contributed by atoms with Gasteiger partial charge in [-0.25, -0.2) is 4.98 Å². The SMILES string of the molecule is COc1nc(NC(CCN(C)C)c2ccccc2)ncc1F. The van der Waals surface area contributed by atoms with Crippen molar-refractivity contribution >= 4 is 5.95 Å². The average Bonchev–Trinajstić information content (AvgIpc) is 2.53. The van der Waals surface area contributed by atoms with E-state index in [2.05, 4.69) is 20.2 Å². The normalized spacial score (nSPS) is 12.2. The highest BCUT2D eigenvalue weighted by Crippen LogP contribution is 2.22. The van der Waals surface area contributed by atoms with Crippen molar-refractivity contribution in [3.63, 3.8) is 0 Å². The first-order chi connectivity index (χ1) is 10.6. The van der Waals surface area contributed by atoms with Crippen molar-refractivity contribution < 1.29 is 9.13 Å². The van der Waals surface area contributed by atoms with Crippen LogP contribution in [0.5, 0.6) is 5.88 Å². The molecule has 0 bridgehead atoms. The Kier molecular flexibility index (Phi) is 5.66. The van der Waals surface area contributed by atoms with E-state index < -0.39 is 5.82 Å². The third-order valence-electron chi connectivity index (χ3n) is 3.28. The molecule has 6 heteroatoms. The van der Waals surface area contributed by atoms with Crippen LogP contribution in [0.4, 0.5) is 10.3 Å². The number of aromatic nitrogens is 2. The molecule has 118 valence electrons. The number of nitrogens with zero attached hydrogens (tertiary/aromatic N) is 3. The fourth-order valence-corrected chi connectivity index (χ4v) is 2.11. The Balaban J connectivity index is 2.18. The monoisotopic (exact) mass is 304 g/mol. The van der Waals surface area contributed by atoms with Gasteiger partial charge in [-0.15, -0.1) is 0 Å². The third kappa shape index (κ3) is 4.39. The van der Waals surface area contributed by atoms with Crippen molar-refractivity contribution in [2.24, 2.45) is 0 Å². The predicted molar refractivity (Wildman–Crippen MR) is 84.5 cm³/mol. The van der Waals surface area contributed by atoms with Crippen LogP contribution in [0, 0.1) is 5.82 Å². The molecule has 22 heavy (non-hydrogen) atoms. The summed E-state index contributed by atoms with van der Waals surface area (Å²) in [6.07, 6.45) is 1.99. The molecular weight excluding hydrogens is 283 g/mol. The molecule has 0 radical (unpaired) electrons. The molecule has 0 amide bonds. The van der Waals surface area contributed by atoms with E-state index >= 15 is 0 Å². The van der Waals surface area contributed by atoms with Crippen molar-refractivity contribution in [2.75, 3.05) is 33.1 Å². The highest BCUT2D eigenvalue weighted by molar-refractivity contribution is 5.34. The number of hydrogen-bond donors (Lipinski definition) is 1. The Bertz CT molecular complexity index is 592. The molecule has 0 aliphatic heterocycles. The molecule has 0 aliphatic carbocycles. The van der Waals surface area contributed by atoms with Crippen LogP contribution in [-0.2, 0) is 0 Å². The van der Waals surface area contributed by atoms with Crippen molar-refractivity contribution in [3.05, 3.63) is 47.9 Å². The lowest BCUT2D eigenvalue weighted by Crippen LogP contribution is -2.21. The summed E-state index contributed by atoms with van der Waals surface area (Å²) in [5, 5.41) is 3.26. The number of ether oxygens (including phenoxy) is 1. The molecule has 1 N–H and O–H groups in total. The molecule has 0 saturated heterocycles. The van der Waals surface area contributed by atoms with Gasteiger partial charge in [0.05, 0.1) is 19.3 Å². The van der Waals surface area contributed by atoms with E-state index in [1.165, 1.54) is 7.11 Å². The second kappa shape index (κ2) is 7.70. The van der Waals surface area contributed by atoms with Gasteiger partial charge in [0.1, 0.15) is 0 Å². The van der Waals surface area contributed by atoms with E-state index in [9.17, 15) is 4.39 Å². The summed E-state index contributed by atoms with van der Waals surface area (Å²) < 4.78 is 18.3. The molecule has 0 aliphatic rings. The molecule has 2 aromatic rings. The van der Waals surface area contributed by atoms with E-state index in [0.29, 0.717) is 5.95 Å². The van der Waals surface area contributed by atoms with Crippen LogP contribution in [0.3, 0.4) is 0 Å². The number of anilines is 1. The first-order valence-corrected chi connectivity index (χ1v) is 7.13. The second-order valence-corrected chi connectivity index (χ2v) is 5.25. The molecule has 1 aromatic heterocycles. The minimum absolute atomic E-state index is 0.0405. The standard InChI is InChI=1S/C16H21FN4O/c1-21(2)10-9-14(12-7-5-4-6-8-12)19-16-18-11-13(17)15(20-16)22-3/h4-8,11,14H,9-10H2,1-3H3,(H,18,19,20). The van der Waals surface area contributed by atoms with Gasteiger partial charge in [-0.3, -0.25) is 0 Å². The van der Waals surface area contributed by atoms with Gasteiger partial charge in [-0.05, 0) is 32.6 Å². The molecule has 0 spiro atoms. The van der Waals surface area contributed by atoms with Crippen molar-refractivity contribution in [3.8, 4) is 5.88 Å². The van der Waals surface area contributed by atoms with Crippen LogP contribution in [0.25, 0.3) is 0 Å². The fourth-order valence-electron chi connectivity index (χ4n) is 2.11. The molecule has 0 saturated carbocycles. The molecule has 5 nitrogen and oxygen atoms in total. The summed E-state index contributed by atoms with van der Waals surface area (Å²) in [5.41, 5.74) is 1.14. The first-order valence-electron chi connectivity index (χ1n) is 7.13. The van der Waals surface area contributed by atoms with Gasteiger partial charge in [0.25, 0.3) is 5.88 Å². The molecule has 0 fully saturated rings. The van der Waals surface area contributed by atoms with Crippen molar-refractivity contribution in [2.45, 2.75) is 12.5 Å². The Morgan fingerprint density at radius 3 is 2.64 bits per heavy atom. The Hall–Kier alpha value is -2.21. The lowest BCUT2D eigenvalue weighted by Gasteiger charge is -2.21. The molecule has 1 atom stereocenters. The maximum Gasteiger partial charge on any atom is 0.255 e. The number of benzene rings is 1. The lowest BCUT2D eigenvalue weighted by molar-refractivity contribution is 0.366. The number of methoxy groups -OCH3 is 1. The summed E-state index contributed by atoms with van der Waals surface area (Å²) in [6.45, 7) is 0.908. The highest BCUT2D eigenvalue weighted by atomic mass is 19.1. The Morgan fingerprint density at radius 1 is 1.27 bits per heavy atom. The Morgan fingerprint density at radius 2 is 2.00 bits per heavy atom. The van der Waals surface area contributed by atoms with Gasteiger partial charge in [0.15, 0.2) is 0 Å². The number of rotatable bonds is 7. The number of halogens is 1. The summed E-state index contributed by atoms with van der Waals surface area (Å²) in [6, 6.07) is 10.1. The van der Waals surface area contributed by atoms with E-state index in [0.717, 1.165) is 24.7 Å². The van der Waals surface area contributed by atoms with E-state index in [4.69, 9.17) is 4.74 Å². The molecular formula is C16H21FN4O. The van der Waals surface area contributed by atoms with Crippen LogP contribution < -0.4 is 10.1 Å². The van der Waals surface area contributed by atoms with Gasteiger partial charge >= 0.3 is 0 Å². The van der Waals surface area contributed by atoms with E-state index in [1.807, 2.05) is 44.4 Å². The van der Waals surface area contributed by atoms with E-state index in [-0.39, 0.29) is 11.9 Å². The predicted octanol–water partition coefficient (Wildman–Crippen LogP) is 2.73. The van der Waals surface area contributed by atoms with Gasteiger partial charge in [0.2, 0.25) is 11.8 Å². The van der Waals surface area contributed by atoms with Crippen LogP contribution >= 0.6 is 0 Å². The summed E-state index contributed by atoms with van der Waals surface area (Å²) >= 11 is 0.